The van der Waals surface area contributed by atoms with Gasteiger partial charge in [-0.15, -0.1) is 0 Å². The summed E-state index contributed by atoms with van der Waals surface area (Å²) in [5.41, 5.74) is 0.808. The molecule has 0 aromatic heterocycles. The van der Waals surface area contributed by atoms with Crippen molar-refractivity contribution in [2.24, 2.45) is 0 Å². The molecular weight excluding hydrogens is 229 g/mol. The zero-order chi connectivity index (χ0) is 13.6. The van der Waals surface area contributed by atoms with Gasteiger partial charge in [0.05, 0.1) is 0 Å². The number of hydrogen-bond acceptors (Lipinski definition) is 2. The highest BCUT2D eigenvalue weighted by molar-refractivity contribution is 5.22. The van der Waals surface area contributed by atoms with Gasteiger partial charge in [0, 0.05) is 31.7 Å². The third-order valence-corrected chi connectivity index (χ3v) is 2.89. The summed E-state index contributed by atoms with van der Waals surface area (Å²) in [4.78, 5) is 0. The largest absolute Gasteiger partial charge is 0.385 e. The summed E-state index contributed by atoms with van der Waals surface area (Å²) >= 11 is 0. The van der Waals surface area contributed by atoms with Crippen LogP contribution < -0.4 is 5.32 Å². The molecule has 0 aliphatic rings. The van der Waals surface area contributed by atoms with Gasteiger partial charge in [0.25, 0.3) is 0 Å². The fraction of sp³-hybridized carbons (Fsp3) is 0.600. The van der Waals surface area contributed by atoms with Crippen molar-refractivity contribution in [2.75, 3.05) is 20.3 Å². The van der Waals surface area contributed by atoms with Gasteiger partial charge in [0.2, 0.25) is 0 Å². The Labute approximate surface area is 110 Å². The molecule has 18 heavy (non-hydrogen) atoms. The van der Waals surface area contributed by atoms with Crippen molar-refractivity contribution in [3.8, 4) is 0 Å². The number of rotatable bonds is 6. The van der Waals surface area contributed by atoms with Crippen molar-refractivity contribution in [1.29, 1.82) is 0 Å². The lowest BCUT2D eigenvalue weighted by Gasteiger charge is -2.25. The number of methoxy groups -OCH3 is 1. The Hall–Kier alpha value is -0.930. The number of nitrogens with one attached hydrogen (secondary N) is 1. The SMILES string of the molecule is COCCC(CNC(C)(C)C)c1ccccc1F. The van der Waals surface area contributed by atoms with E-state index in [-0.39, 0.29) is 17.3 Å². The lowest BCUT2D eigenvalue weighted by molar-refractivity contribution is 0.185. The van der Waals surface area contributed by atoms with Crippen LogP contribution in [0.4, 0.5) is 4.39 Å². The van der Waals surface area contributed by atoms with Gasteiger partial charge in [-0.25, -0.2) is 4.39 Å². The Kier molecular flexibility index (Phi) is 5.76. The quantitative estimate of drug-likeness (QED) is 0.839. The van der Waals surface area contributed by atoms with Crippen LogP contribution in [0.25, 0.3) is 0 Å². The first kappa shape index (κ1) is 15.1. The van der Waals surface area contributed by atoms with Gasteiger partial charge >= 0.3 is 0 Å². The summed E-state index contributed by atoms with van der Waals surface area (Å²) in [6.45, 7) is 7.74. The molecule has 0 fully saturated rings. The van der Waals surface area contributed by atoms with Crippen molar-refractivity contribution < 1.29 is 9.13 Å². The standard InChI is InChI=1S/C15H24FNO/c1-15(2,3)17-11-12(9-10-18-4)13-7-5-6-8-14(13)16/h5-8,12,17H,9-11H2,1-4H3. The molecule has 1 unspecified atom stereocenters. The predicted octanol–water partition coefficient (Wildman–Crippen LogP) is 3.33. The molecule has 0 saturated carbocycles. The molecular formula is C15H24FNO. The molecule has 0 aliphatic carbocycles. The third-order valence-electron chi connectivity index (χ3n) is 2.89. The zero-order valence-electron chi connectivity index (χ0n) is 11.8. The Morgan fingerprint density at radius 2 is 1.94 bits per heavy atom. The number of benzene rings is 1. The minimum atomic E-state index is -0.130. The third kappa shape index (κ3) is 5.15. The Balaban J connectivity index is 2.75. The van der Waals surface area contributed by atoms with E-state index in [1.54, 1.807) is 13.2 Å². The van der Waals surface area contributed by atoms with E-state index in [1.165, 1.54) is 6.07 Å². The number of hydrogen-bond donors (Lipinski definition) is 1. The van der Waals surface area contributed by atoms with Crippen molar-refractivity contribution in [2.45, 2.75) is 38.6 Å². The maximum Gasteiger partial charge on any atom is 0.126 e. The van der Waals surface area contributed by atoms with Gasteiger partial charge in [-0.3, -0.25) is 0 Å². The molecule has 1 atom stereocenters. The molecule has 0 aliphatic heterocycles. The maximum atomic E-state index is 13.8. The van der Waals surface area contributed by atoms with Gasteiger partial charge in [-0.2, -0.15) is 0 Å². The predicted molar refractivity (Wildman–Crippen MR) is 73.4 cm³/mol. The molecule has 3 heteroatoms. The Morgan fingerprint density at radius 3 is 2.50 bits per heavy atom. The second-order valence-electron chi connectivity index (χ2n) is 5.63. The van der Waals surface area contributed by atoms with Crippen LogP contribution in [-0.4, -0.2) is 25.8 Å². The summed E-state index contributed by atoms with van der Waals surface area (Å²) in [5.74, 6) is 0.0136. The minimum absolute atomic E-state index is 0.0383. The van der Waals surface area contributed by atoms with Crippen LogP contribution in [0.5, 0.6) is 0 Å². The number of halogens is 1. The zero-order valence-corrected chi connectivity index (χ0v) is 11.8. The average Bonchev–Trinajstić information content (AvgIpc) is 2.29. The summed E-state index contributed by atoms with van der Waals surface area (Å²) in [7, 11) is 1.68. The van der Waals surface area contributed by atoms with Crippen molar-refractivity contribution >= 4 is 0 Å². The van der Waals surface area contributed by atoms with Crippen molar-refractivity contribution in [3.05, 3.63) is 35.6 Å². The van der Waals surface area contributed by atoms with Crippen LogP contribution in [-0.2, 0) is 4.74 Å². The van der Waals surface area contributed by atoms with E-state index in [1.807, 2.05) is 12.1 Å². The monoisotopic (exact) mass is 253 g/mol. The fourth-order valence-electron chi connectivity index (χ4n) is 1.86. The maximum absolute atomic E-state index is 13.8. The molecule has 0 radical (unpaired) electrons. The van der Waals surface area contributed by atoms with Gasteiger partial charge in [0.1, 0.15) is 5.82 Å². The van der Waals surface area contributed by atoms with E-state index >= 15 is 0 Å². The molecule has 1 aromatic rings. The first-order chi connectivity index (χ1) is 8.44. The molecule has 0 saturated heterocycles. The highest BCUT2D eigenvalue weighted by atomic mass is 19.1. The highest BCUT2D eigenvalue weighted by Crippen LogP contribution is 2.22. The van der Waals surface area contributed by atoms with E-state index in [0.29, 0.717) is 6.61 Å². The van der Waals surface area contributed by atoms with Crippen molar-refractivity contribution in [3.63, 3.8) is 0 Å². The molecule has 1 aromatic carbocycles. The minimum Gasteiger partial charge on any atom is -0.385 e. The second-order valence-corrected chi connectivity index (χ2v) is 5.63. The van der Waals surface area contributed by atoms with Crippen LogP contribution in [0, 0.1) is 5.82 Å². The van der Waals surface area contributed by atoms with Crippen LogP contribution >= 0.6 is 0 Å². The normalized spacial score (nSPS) is 13.6. The van der Waals surface area contributed by atoms with E-state index in [2.05, 4.69) is 26.1 Å². The molecule has 102 valence electrons. The Morgan fingerprint density at radius 1 is 1.28 bits per heavy atom. The molecule has 0 heterocycles. The summed E-state index contributed by atoms with van der Waals surface area (Å²) in [6, 6.07) is 6.99. The lowest BCUT2D eigenvalue weighted by Crippen LogP contribution is -2.38. The molecule has 0 amide bonds. The van der Waals surface area contributed by atoms with E-state index < -0.39 is 0 Å². The topological polar surface area (TPSA) is 21.3 Å². The van der Waals surface area contributed by atoms with Gasteiger partial charge in [-0.05, 0) is 38.8 Å². The lowest BCUT2D eigenvalue weighted by atomic mass is 9.94. The van der Waals surface area contributed by atoms with Crippen LogP contribution in [0.1, 0.15) is 38.7 Å². The summed E-state index contributed by atoms with van der Waals surface area (Å²) < 4.78 is 18.9. The van der Waals surface area contributed by atoms with Gasteiger partial charge in [-0.1, -0.05) is 18.2 Å². The molecule has 0 bridgehead atoms. The molecule has 1 N–H and O–H groups in total. The van der Waals surface area contributed by atoms with Gasteiger partial charge in [0.15, 0.2) is 0 Å². The summed E-state index contributed by atoms with van der Waals surface area (Å²) in [5, 5.41) is 3.43. The first-order valence-corrected chi connectivity index (χ1v) is 6.42. The number of ether oxygens (including phenoxy) is 1. The Bertz CT molecular complexity index is 360. The average molecular weight is 253 g/mol. The second kappa shape index (κ2) is 6.86. The molecule has 1 rings (SSSR count). The fourth-order valence-corrected chi connectivity index (χ4v) is 1.86. The van der Waals surface area contributed by atoms with Crippen LogP contribution in [0.2, 0.25) is 0 Å². The van der Waals surface area contributed by atoms with Crippen LogP contribution in [0.3, 0.4) is 0 Å². The first-order valence-electron chi connectivity index (χ1n) is 6.42. The molecule has 2 nitrogen and oxygen atoms in total. The highest BCUT2D eigenvalue weighted by Gasteiger charge is 2.18. The molecule has 0 spiro atoms. The van der Waals surface area contributed by atoms with Gasteiger partial charge < -0.3 is 10.1 Å². The van der Waals surface area contributed by atoms with E-state index in [9.17, 15) is 4.39 Å². The smallest absolute Gasteiger partial charge is 0.126 e. The van der Waals surface area contributed by atoms with Crippen LogP contribution in [0.15, 0.2) is 24.3 Å². The van der Waals surface area contributed by atoms with E-state index in [4.69, 9.17) is 4.74 Å². The van der Waals surface area contributed by atoms with Crippen molar-refractivity contribution in [1.82, 2.24) is 5.32 Å². The summed E-state index contributed by atoms with van der Waals surface area (Å²) in [6.07, 6.45) is 0.820. The van der Waals surface area contributed by atoms with E-state index in [0.717, 1.165) is 18.5 Å².